The predicted molar refractivity (Wildman–Crippen MR) is 122 cm³/mol. The summed E-state index contributed by atoms with van der Waals surface area (Å²) in [5.41, 5.74) is 3.80. The number of nitrogens with one attached hydrogen (secondary N) is 1. The van der Waals surface area contributed by atoms with E-state index in [1.54, 1.807) is 37.5 Å². The van der Waals surface area contributed by atoms with Crippen LogP contribution in [-0.4, -0.2) is 34.4 Å². The van der Waals surface area contributed by atoms with Crippen LogP contribution in [0.4, 0.5) is 0 Å². The summed E-state index contributed by atoms with van der Waals surface area (Å²) < 4.78 is 11.1. The summed E-state index contributed by atoms with van der Waals surface area (Å²) in [7, 11) is 1.55. The number of hydrogen-bond acceptors (Lipinski definition) is 6. The second-order valence-corrected chi connectivity index (χ2v) is 8.27. The summed E-state index contributed by atoms with van der Waals surface area (Å²) in [6.45, 7) is 4.08. The lowest BCUT2D eigenvalue weighted by atomic mass is 10.2. The third kappa shape index (κ3) is 5.20. The lowest BCUT2D eigenvalue weighted by Crippen LogP contribution is -2.44. The van der Waals surface area contributed by atoms with E-state index in [9.17, 15) is 9.59 Å². The largest absolute Gasteiger partial charge is 0.497 e. The summed E-state index contributed by atoms with van der Waals surface area (Å²) in [5.74, 6) is 0.620. The monoisotopic (exact) mass is 442 g/mol. The number of methoxy groups -OCH3 is 1. The van der Waals surface area contributed by atoms with Crippen molar-refractivity contribution in [1.29, 1.82) is 0 Å². The number of thiocarbonyl (C=S) groups is 1. The molecular weight excluding hydrogens is 420 g/mol. The Bertz CT molecular complexity index is 972. The molecule has 0 saturated carbocycles. The molecule has 2 aromatic rings. The summed E-state index contributed by atoms with van der Waals surface area (Å²) in [6.07, 6.45) is 2.81. The molecule has 0 aliphatic carbocycles. The van der Waals surface area contributed by atoms with Crippen molar-refractivity contribution < 1.29 is 19.1 Å². The molecule has 0 bridgehead atoms. The Kier molecular flexibility index (Phi) is 7.12. The molecule has 2 amide bonds. The summed E-state index contributed by atoms with van der Waals surface area (Å²) in [4.78, 5) is 25.6. The molecule has 1 saturated heterocycles. The minimum Gasteiger partial charge on any atom is -0.497 e. The number of rotatable bonds is 7. The van der Waals surface area contributed by atoms with Crippen LogP contribution in [0.5, 0.6) is 11.5 Å². The molecule has 6 nitrogen and oxygen atoms in total. The lowest BCUT2D eigenvalue weighted by Gasteiger charge is -2.15. The van der Waals surface area contributed by atoms with E-state index in [0.717, 1.165) is 34.5 Å². The topological polar surface area (TPSA) is 67.9 Å². The molecule has 2 aromatic carbocycles. The van der Waals surface area contributed by atoms with Crippen LogP contribution in [0.1, 0.15) is 36.2 Å². The van der Waals surface area contributed by atoms with Crippen molar-refractivity contribution in [2.24, 2.45) is 0 Å². The number of carbonyl (C=O) groups is 2. The number of nitrogens with zero attached hydrogens (tertiary/aromatic N) is 1. The first-order valence-electron chi connectivity index (χ1n) is 9.41. The molecule has 1 aliphatic heterocycles. The van der Waals surface area contributed by atoms with Crippen molar-refractivity contribution in [3.05, 3.63) is 64.6 Å². The molecular formula is C22H22N2O4S2. The van der Waals surface area contributed by atoms with Crippen LogP contribution in [0.15, 0.2) is 53.4 Å². The van der Waals surface area contributed by atoms with E-state index in [4.69, 9.17) is 21.7 Å². The third-order valence-electron chi connectivity index (χ3n) is 4.45. The first-order valence-corrected chi connectivity index (χ1v) is 10.6. The van der Waals surface area contributed by atoms with Gasteiger partial charge in [-0.25, -0.2) is 0 Å². The number of ether oxygens (including phenoxy) is 2. The maximum absolute atomic E-state index is 12.7. The fourth-order valence-corrected chi connectivity index (χ4v) is 3.76. The molecule has 0 aromatic heterocycles. The number of hydrazine groups is 1. The number of hydrogen-bond donors (Lipinski definition) is 1. The van der Waals surface area contributed by atoms with Crippen molar-refractivity contribution >= 4 is 46.2 Å². The smallest absolute Gasteiger partial charge is 0.285 e. The van der Waals surface area contributed by atoms with Gasteiger partial charge in [-0.1, -0.05) is 30.8 Å². The molecule has 156 valence electrons. The van der Waals surface area contributed by atoms with Gasteiger partial charge in [0.25, 0.3) is 11.8 Å². The van der Waals surface area contributed by atoms with Crippen LogP contribution in [0.2, 0.25) is 0 Å². The molecule has 3 rings (SSSR count). The van der Waals surface area contributed by atoms with Gasteiger partial charge in [0.1, 0.15) is 11.5 Å². The van der Waals surface area contributed by atoms with Crippen LogP contribution in [0, 0.1) is 0 Å². The highest BCUT2D eigenvalue weighted by atomic mass is 32.2. The van der Waals surface area contributed by atoms with E-state index in [2.05, 4.69) is 12.3 Å². The highest BCUT2D eigenvalue weighted by Crippen LogP contribution is 2.32. The van der Waals surface area contributed by atoms with Crippen molar-refractivity contribution in [3.63, 3.8) is 0 Å². The highest BCUT2D eigenvalue weighted by molar-refractivity contribution is 8.26. The van der Waals surface area contributed by atoms with Gasteiger partial charge < -0.3 is 9.47 Å². The molecule has 8 heteroatoms. The fraction of sp³-hybridized carbons (Fsp3) is 0.227. The van der Waals surface area contributed by atoms with Gasteiger partial charge in [0.2, 0.25) is 0 Å². The van der Waals surface area contributed by atoms with Crippen LogP contribution in [0.3, 0.4) is 0 Å². The maximum atomic E-state index is 12.7. The van der Waals surface area contributed by atoms with E-state index >= 15 is 0 Å². The Balaban J connectivity index is 1.68. The zero-order valence-corrected chi connectivity index (χ0v) is 18.5. The van der Waals surface area contributed by atoms with Gasteiger partial charge in [0, 0.05) is 5.56 Å². The third-order valence-corrected chi connectivity index (χ3v) is 5.75. The Morgan fingerprint density at radius 2 is 1.80 bits per heavy atom. The maximum Gasteiger partial charge on any atom is 0.285 e. The molecule has 1 heterocycles. The second-order valence-electron chi connectivity index (χ2n) is 6.59. The van der Waals surface area contributed by atoms with Crippen molar-refractivity contribution in [2.75, 3.05) is 7.11 Å². The van der Waals surface area contributed by atoms with E-state index in [-0.39, 0.29) is 16.3 Å². The zero-order valence-electron chi connectivity index (χ0n) is 16.9. The van der Waals surface area contributed by atoms with Gasteiger partial charge in [-0.3, -0.25) is 15.0 Å². The van der Waals surface area contributed by atoms with Crippen LogP contribution >= 0.6 is 24.0 Å². The minimum atomic E-state index is -0.429. The number of benzene rings is 2. The van der Waals surface area contributed by atoms with Gasteiger partial charge in [-0.05, 0) is 73.6 Å². The molecule has 1 atom stereocenters. The lowest BCUT2D eigenvalue weighted by molar-refractivity contribution is -0.123. The SMILES string of the molecule is CCC(C)Oc1ccc(C=C2SC(=S)N(NC(=O)c3ccc(OC)cc3)C2=O)cc1. The molecule has 30 heavy (non-hydrogen) atoms. The molecule has 0 spiro atoms. The van der Waals surface area contributed by atoms with Crippen LogP contribution in [-0.2, 0) is 4.79 Å². The van der Waals surface area contributed by atoms with Gasteiger partial charge in [-0.2, -0.15) is 5.01 Å². The number of amides is 2. The van der Waals surface area contributed by atoms with Crippen molar-refractivity contribution in [1.82, 2.24) is 10.4 Å². The highest BCUT2D eigenvalue weighted by Gasteiger charge is 2.33. The molecule has 1 N–H and O–H groups in total. The van der Waals surface area contributed by atoms with Gasteiger partial charge in [-0.15, -0.1) is 0 Å². The number of thioether (sulfide) groups is 1. The van der Waals surface area contributed by atoms with Gasteiger partial charge in [0.15, 0.2) is 4.32 Å². The van der Waals surface area contributed by atoms with Crippen molar-refractivity contribution in [3.8, 4) is 11.5 Å². The Hall–Kier alpha value is -2.84. The molecule has 1 fully saturated rings. The Labute approximate surface area is 185 Å². The first kappa shape index (κ1) is 21.9. The second kappa shape index (κ2) is 9.77. The predicted octanol–water partition coefficient (Wildman–Crippen LogP) is 4.42. The van der Waals surface area contributed by atoms with E-state index < -0.39 is 5.91 Å². The summed E-state index contributed by atoms with van der Waals surface area (Å²) >= 11 is 6.41. The molecule has 1 unspecified atom stereocenters. The summed E-state index contributed by atoms with van der Waals surface area (Å²) in [5, 5.41) is 1.10. The fourth-order valence-electron chi connectivity index (χ4n) is 2.58. The van der Waals surface area contributed by atoms with Crippen molar-refractivity contribution in [2.45, 2.75) is 26.4 Å². The van der Waals surface area contributed by atoms with Gasteiger partial charge >= 0.3 is 0 Å². The van der Waals surface area contributed by atoms with Crippen LogP contribution < -0.4 is 14.9 Å². The molecule has 1 aliphatic rings. The summed E-state index contributed by atoms with van der Waals surface area (Å²) in [6, 6.07) is 14.1. The van der Waals surface area contributed by atoms with Crippen LogP contribution in [0.25, 0.3) is 6.08 Å². The quantitative estimate of drug-likeness (QED) is 0.506. The van der Waals surface area contributed by atoms with Gasteiger partial charge in [0.05, 0.1) is 18.1 Å². The average Bonchev–Trinajstić information content (AvgIpc) is 3.02. The van der Waals surface area contributed by atoms with E-state index in [0.29, 0.717) is 16.2 Å². The van der Waals surface area contributed by atoms with E-state index in [1.165, 1.54) is 0 Å². The van der Waals surface area contributed by atoms with E-state index in [1.807, 2.05) is 31.2 Å². The minimum absolute atomic E-state index is 0.140. The average molecular weight is 443 g/mol. The normalized spacial score (nSPS) is 16.0. The molecule has 0 radical (unpaired) electrons. The Morgan fingerprint density at radius 3 is 2.40 bits per heavy atom. The standard InChI is InChI=1S/C22H22N2O4S2/c1-4-14(2)28-18-9-5-15(6-10-18)13-19-21(26)24(22(29)30-19)23-20(25)16-7-11-17(27-3)12-8-16/h5-14H,4H2,1-3H3,(H,23,25). The Morgan fingerprint density at radius 1 is 1.17 bits per heavy atom. The zero-order chi connectivity index (χ0) is 21.7. The number of carbonyl (C=O) groups excluding carboxylic acids is 2. The first-order chi connectivity index (χ1) is 14.4.